The van der Waals surface area contributed by atoms with Gasteiger partial charge in [0.1, 0.15) is 5.75 Å². The van der Waals surface area contributed by atoms with E-state index in [4.69, 9.17) is 21.3 Å². The van der Waals surface area contributed by atoms with Gasteiger partial charge in [-0.05, 0) is 48.4 Å². The SMILES string of the molecule is COc1ccc(CCN2CCN(c3nc(-c4ccc(Cl)cc4)ns3)CC2)cc1. The fourth-order valence-electron chi connectivity index (χ4n) is 3.30. The summed E-state index contributed by atoms with van der Waals surface area (Å²) in [4.78, 5) is 9.58. The Hall–Kier alpha value is -2.15. The highest BCUT2D eigenvalue weighted by Gasteiger charge is 2.20. The van der Waals surface area contributed by atoms with Gasteiger partial charge in [0.15, 0.2) is 5.82 Å². The highest BCUT2D eigenvalue weighted by Crippen LogP contribution is 2.25. The van der Waals surface area contributed by atoms with Crippen LogP contribution in [-0.2, 0) is 6.42 Å². The summed E-state index contributed by atoms with van der Waals surface area (Å²) in [7, 11) is 1.70. The number of hydrogen-bond acceptors (Lipinski definition) is 6. The Morgan fingerprint density at radius 2 is 1.71 bits per heavy atom. The summed E-state index contributed by atoms with van der Waals surface area (Å²) < 4.78 is 9.74. The van der Waals surface area contributed by atoms with Crippen LogP contribution < -0.4 is 9.64 Å². The number of nitrogens with zero attached hydrogens (tertiary/aromatic N) is 4. The summed E-state index contributed by atoms with van der Waals surface area (Å²) in [5.74, 6) is 1.69. The maximum atomic E-state index is 5.96. The van der Waals surface area contributed by atoms with Gasteiger partial charge < -0.3 is 9.64 Å². The molecule has 2 heterocycles. The normalized spacial score (nSPS) is 15.0. The fourth-order valence-corrected chi connectivity index (χ4v) is 4.17. The van der Waals surface area contributed by atoms with Gasteiger partial charge in [-0.25, -0.2) is 0 Å². The van der Waals surface area contributed by atoms with Crippen LogP contribution in [0.2, 0.25) is 5.02 Å². The Kier molecular flexibility index (Phi) is 6.10. The van der Waals surface area contributed by atoms with Crippen molar-refractivity contribution in [2.75, 3.05) is 44.7 Å². The first-order valence-corrected chi connectivity index (χ1v) is 10.6. The van der Waals surface area contributed by atoms with Gasteiger partial charge in [-0.2, -0.15) is 9.36 Å². The van der Waals surface area contributed by atoms with Gasteiger partial charge in [0.05, 0.1) is 7.11 Å². The molecule has 0 spiro atoms. The monoisotopic (exact) mass is 414 g/mol. The molecule has 0 atom stereocenters. The first-order valence-electron chi connectivity index (χ1n) is 9.41. The number of piperazine rings is 1. The van der Waals surface area contributed by atoms with Gasteiger partial charge in [-0.3, -0.25) is 4.90 Å². The Morgan fingerprint density at radius 3 is 2.39 bits per heavy atom. The minimum Gasteiger partial charge on any atom is -0.497 e. The van der Waals surface area contributed by atoms with Crippen LogP contribution in [0.4, 0.5) is 5.13 Å². The van der Waals surface area contributed by atoms with E-state index in [0.29, 0.717) is 0 Å². The average Bonchev–Trinajstić information content (AvgIpc) is 3.24. The first-order chi connectivity index (χ1) is 13.7. The van der Waals surface area contributed by atoms with Crippen molar-refractivity contribution in [3.63, 3.8) is 0 Å². The quantitative estimate of drug-likeness (QED) is 0.603. The van der Waals surface area contributed by atoms with Crippen molar-refractivity contribution in [1.29, 1.82) is 0 Å². The van der Waals surface area contributed by atoms with Crippen molar-refractivity contribution in [2.45, 2.75) is 6.42 Å². The number of halogens is 1. The molecule has 0 amide bonds. The smallest absolute Gasteiger partial charge is 0.205 e. The van der Waals surface area contributed by atoms with Crippen LogP contribution in [0.15, 0.2) is 48.5 Å². The number of aromatic nitrogens is 2. The maximum absolute atomic E-state index is 5.96. The molecular weight excluding hydrogens is 392 g/mol. The molecule has 3 aromatic rings. The predicted molar refractivity (Wildman–Crippen MR) is 116 cm³/mol. The standard InChI is InChI=1S/C21H23ClN4OS/c1-27-19-8-2-16(3-9-19)10-11-25-12-14-26(15-13-25)21-23-20(24-28-21)17-4-6-18(22)7-5-17/h2-9H,10-15H2,1H3. The molecule has 1 aromatic heterocycles. The van der Waals surface area contributed by atoms with E-state index in [0.717, 1.165) is 66.4 Å². The largest absolute Gasteiger partial charge is 0.497 e. The molecule has 0 saturated carbocycles. The van der Waals surface area contributed by atoms with Crippen molar-refractivity contribution >= 4 is 28.3 Å². The number of rotatable bonds is 6. The topological polar surface area (TPSA) is 41.5 Å². The minimum absolute atomic E-state index is 0.727. The van der Waals surface area contributed by atoms with E-state index in [1.54, 1.807) is 7.11 Å². The van der Waals surface area contributed by atoms with Crippen LogP contribution in [-0.4, -0.2) is 54.1 Å². The first kappa shape index (κ1) is 19.2. The fraction of sp³-hybridized carbons (Fsp3) is 0.333. The predicted octanol–water partition coefficient (Wildman–Crippen LogP) is 4.23. The molecule has 5 nitrogen and oxygen atoms in total. The Morgan fingerprint density at radius 1 is 1.00 bits per heavy atom. The van der Waals surface area contributed by atoms with Crippen molar-refractivity contribution < 1.29 is 4.74 Å². The zero-order valence-corrected chi connectivity index (χ0v) is 17.4. The number of methoxy groups -OCH3 is 1. The van der Waals surface area contributed by atoms with Crippen LogP contribution in [0.3, 0.4) is 0 Å². The molecule has 1 aliphatic rings. The van der Waals surface area contributed by atoms with Gasteiger partial charge in [0.25, 0.3) is 0 Å². The van der Waals surface area contributed by atoms with Crippen LogP contribution in [0, 0.1) is 0 Å². The molecule has 146 valence electrons. The number of ether oxygens (including phenoxy) is 1. The third-order valence-electron chi connectivity index (χ3n) is 5.04. The number of anilines is 1. The van der Waals surface area contributed by atoms with Crippen molar-refractivity contribution in [2.24, 2.45) is 0 Å². The lowest BCUT2D eigenvalue weighted by molar-refractivity contribution is 0.261. The highest BCUT2D eigenvalue weighted by molar-refractivity contribution is 7.09. The van der Waals surface area contributed by atoms with E-state index in [1.165, 1.54) is 17.1 Å². The zero-order valence-electron chi connectivity index (χ0n) is 15.8. The van der Waals surface area contributed by atoms with Crippen molar-refractivity contribution in [1.82, 2.24) is 14.3 Å². The van der Waals surface area contributed by atoms with Crippen molar-refractivity contribution in [3.05, 3.63) is 59.1 Å². The molecular formula is C21H23ClN4OS. The van der Waals surface area contributed by atoms with Gasteiger partial charge in [-0.1, -0.05) is 23.7 Å². The molecule has 0 aliphatic carbocycles. The zero-order chi connectivity index (χ0) is 19.3. The third kappa shape index (κ3) is 4.63. The van der Waals surface area contributed by atoms with E-state index in [1.807, 2.05) is 36.4 Å². The van der Waals surface area contributed by atoms with Gasteiger partial charge in [0, 0.05) is 54.8 Å². The van der Waals surface area contributed by atoms with E-state index in [2.05, 4.69) is 26.3 Å². The molecule has 1 fully saturated rings. The van der Waals surface area contributed by atoms with Crippen molar-refractivity contribution in [3.8, 4) is 17.1 Å². The summed E-state index contributed by atoms with van der Waals surface area (Å²) in [6.45, 7) is 5.14. The molecule has 0 N–H and O–H groups in total. The van der Waals surface area contributed by atoms with E-state index < -0.39 is 0 Å². The third-order valence-corrected chi connectivity index (χ3v) is 6.07. The summed E-state index contributed by atoms with van der Waals surface area (Å²) >= 11 is 7.43. The summed E-state index contributed by atoms with van der Waals surface area (Å²) in [5.41, 5.74) is 2.35. The Bertz CT molecular complexity index is 890. The van der Waals surface area contributed by atoms with Crippen LogP contribution in [0.1, 0.15) is 5.56 Å². The van der Waals surface area contributed by atoms with Gasteiger partial charge in [-0.15, -0.1) is 0 Å². The van der Waals surface area contributed by atoms with E-state index in [9.17, 15) is 0 Å². The van der Waals surface area contributed by atoms with Crippen LogP contribution >= 0.6 is 23.1 Å². The number of hydrogen-bond donors (Lipinski definition) is 0. The maximum Gasteiger partial charge on any atom is 0.205 e. The second-order valence-electron chi connectivity index (χ2n) is 6.83. The lowest BCUT2D eigenvalue weighted by Gasteiger charge is -2.34. The van der Waals surface area contributed by atoms with Crippen LogP contribution in [0.25, 0.3) is 11.4 Å². The molecule has 0 bridgehead atoms. The molecule has 7 heteroatoms. The van der Waals surface area contributed by atoms with Gasteiger partial charge >= 0.3 is 0 Å². The molecule has 0 radical (unpaired) electrons. The summed E-state index contributed by atoms with van der Waals surface area (Å²) in [6, 6.07) is 16.0. The second kappa shape index (κ2) is 8.90. The lowest BCUT2D eigenvalue weighted by atomic mass is 10.1. The Labute approximate surface area is 174 Å². The minimum atomic E-state index is 0.727. The molecule has 4 rings (SSSR count). The lowest BCUT2D eigenvalue weighted by Crippen LogP contribution is -2.47. The molecule has 1 aliphatic heterocycles. The van der Waals surface area contributed by atoms with E-state index in [-0.39, 0.29) is 0 Å². The summed E-state index contributed by atoms with van der Waals surface area (Å²) in [5, 5.41) is 1.73. The second-order valence-corrected chi connectivity index (χ2v) is 8.00. The molecule has 2 aromatic carbocycles. The number of benzene rings is 2. The summed E-state index contributed by atoms with van der Waals surface area (Å²) in [6.07, 6.45) is 1.06. The Balaban J connectivity index is 1.28. The molecule has 28 heavy (non-hydrogen) atoms. The van der Waals surface area contributed by atoms with Gasteiger partial charge in [0.2, 0.25) is 5.13 Å². The van der Waals surface area contributed by atoms with Crippen LogP contribution in [0.5, 0.6) is 5.75 Å². The highest BCUT2D eigenvalue weighted by atomic mass is 35.5. The van der Waals surface area contributed by atoms with E-state index >= 15 is 0 Å². The average molecular weight is 415 g/mol. The molecule has 1 saturated heterocycles. The molecule has 0 unspecified atom stereocenters.